The maximum atomic E-state index is 12.5. The van der Waals surface area contributed by atoms with Crippen molar-refractivity contribution in [1.82, 2.24) is 4.31 Å². The van der Waals surface area contributed by atoms with Gasteiger partial charge in [0, 0.05) is 13.1 Å². The lowest BCUT2D eigenvalue weighted by Gasteiger charge is -2.16. The molecule has 1 aliphatic rings. The third-order valence-corrected chi connectivity index (χ3v) is 5.55. The molecule has 8 heteroatoms. The fourth-order valence-corrected chi connectivity index (χ4v) is 3.89. The van der Waals surface area contributed by atoms with Crippen molar-refractivity contribution in [2.45, 2.75) is 30.8 Å². The Balaban J connectivity index is 2.34. The van der Waals surface area contributed by atoms with Crippen molar-refractivity contribution in [1.29, 1.82) is 5.26 Å². The Bertz CT molecular complexity index is 721. The number of halogens is 1. The smallest absolute Gasteiger partial charge is 0.340 e. The Morgan fingerprint density at radius 1 is 1.41 bits per heavy atom. The van der Waals surface area contributed by atoms with Crippen LogP contribution in [-0.4, -0.2) is 37.9 Å². The van der Waals surface area contributed by atoms with Crippen molar-refractivity contribution in [2.24, 2.45) is 0 Å². The largest absolute Gasteiger partial charge is 0.444 e. The molecule has 0 aliphatic carbocycles. The number of rotatable bonds is 4. The lowest BCUT2D eigenvalue weighted by atomic mass is 10.2. The predicted molar refractivity (Wildman–Crippen MR) is 79.9 cm³/mol. The van der Waals surface area contributed by atoms with Crippen molar-refractivity contribution in [3.63, 3.8) is 0 Å². The van der Waals surface area contributed by atoms with Gasteiger partial charge in [0.25, 0.3) is 0 Å². The van der Waals surface area contributed by atoms with Gasteiger partial charge in [-0.15, -0.1) is 0 Å². The molecule has 0 spiro atoms. The van der Waals surface area contributed by atoms with Gasteiger partial charge < -0.3 is 4.74 Å². The Hall–Kier alpha value is -1.62. The van der Waals surface area contributed by atoms with E-state index in [0.717, 1.165) is 12.8 Å². The first-order valence-corrected chi connectivity index (χ1v) is 8.58. The standard InChI is InChI=1S/C14H15ClN2O4S/c1-10(9-16)21-14(18)12-8-11(4-5-13(12)15)22(19,20)17-6-2-3-7-17/h4-5,8,10H,2-3,6-7H2,1H3/t10-/m1/s1. The van der Waals surface area contributed by atoms with Gasteiger partial charge in [-0.1, -0.05) is 11.6 Å². The molecular weight excluding hydrogens is 328 g/mol. The van der Waals surface area contributed by atoms with Gasteiger partial charge in [0.15, 0.2) is 6.10 Å². The molecule has 0 aromatic heterocycles. The number of nitrogens with zero attached hydrogens (tertiary/aromatic N) is 2. The third-order valence-electron chi connectivity index (χ3n) is 3.33. The average molecular weight is 343 g/mol. The van der Waals surface area contributed by atoms with E-state index >= 15 is 0 Å². The van der Waals surface area contributed by atoms with Crippen LogP contribution >= 0.6 is 11.6 Å². The highest BCUT2D eigenvalue weighted by Gasteiger charge is 2.28. The molecule has 0 radical (unpaired) electrons. The second-order valence-electron chi connectivity index (χ2n) is 4.93. The SMILES string of the molecule is C[C@H](C#N)OC(=O)c1cc(S(=O)(=O)N2CCCC2)ccc1Cl. The van der Waals surface area contributed by atoms with Gasteiger partial charge in [-0.25, -0.2) is 13.2 Å². The highest BCUT2D eigenvalue weighted by molar-refractivity contribution is 7.89. The number of hydrogen-bond acceptors (Lipinski definition) is 5. The van der Waals surface area contributed by atoms with Crippen LogP contribution in [0.15, 0.2) is 23.1 Å². The first-order chi connectivity index (χ1) is 10.4. The summed E-state index contributed by atoms with van der Waals surface area (Å²) in [7, 11) is -3.64. The molecule has 1 aromatic carbocycles. The Morgan fingerprint density at radius 2 is 2.05 bits per heavy atom. The molecule has 2 rings (SSSR count). The van der Waals surface area contributed by atoms with Gasteiger partial charge in [-0.3, -0.25) is 0 Å². The lowest BCUT2D eigenvalue weighted by Crippen LogP contribution is -2.28. The van der Waals surface area contributed by atoms with E-state index in [0.29, 0.717) is 13.1 Å². The van der Waals surface area contributed by atoms with Crippen LogP contribution in [0.1, 0.15) is 30.1 Å². The van der Waals surface area contributed by atoms with Gasteiger partial charge in [-0.2, -0.15) is 9.57 Å². The van der Waals surface area contributed by atoms with E-state index in [9.17, 15) is 13.2 Å². The van der Waals surface area contributed by atoms with Crippen LogP contribution in [0.25, 0.3) is 0 Å². The molecule has 1 aliphatic heterocycles. The number of ether oxygens (including phenoxy) is 1. The lowest BCUT2D eigenvalue weighted by molar-refractivity contribution is 0.0435. The molecule has 0 unspecified atom stereocenters. The molecule has 1 saturated heterocycles. The number of esters is 1. The summed E-state index contributed by atoms with van der Waals surface area (Å²) in [6.07, 6.45) is 0.699. The van der Waals surface area contributed by atoms with E-state index in [1.807, 2.05) is 0 Å². The summed E-state index contributed by atoms with van der Waals surface area (Å²) in [4.78, 5) is 12.0. The van der Waals surface area contributed by atoms with Crippen molar-refractivity contribution < 1.29 is 17.9 Å². The molecule has 1 atom stereocenters. The van der Waals surface area contributed by atoms with E-state index in [1.54, 1.807) is 6.07 Å². The Kier molecular flexibility index (Phi) is 5.06. The third kappa shape index (κ3) is 3.40. The number of hydrogen-bond donors (Lipinski definition) is 0. The van der Waals surface area contributed by atoms with E-state index in [-0.39, 0.29) is 15.5 Å². The van der Waals surface area contributed by atoms with Crippen LogP contribution in [0.5, 0.6) is 0 Å². The van der Waals surface area contributed by atoms with Gasteiger partial charge in [0.05, 0.1) is 15.5 Å². The number of carbonyl (C=O) groups is 1. The molecular formula is C14H15ClN2O4S. The minimum absolute atomic E-state index is 0.00430. The van der Waals surface area contributed by atoms with E-state index in [1.165, 1.54) is 29.4 Å². The Labute approximate surface area is 134 Å². The van der Waals surface area contributed by atoms with Gasteiger partial charge in [-0.05, 0) is 38.0 Å². The quantitative estimate of drug-likeness (QED) is 0.783. The zero-order chi connectivity index (χ0) is 16.3. The highest BCUT2D eigenvalue weighted by atomic mass is 35.5. The summed E-state index contributed by atoms with van der Waals surface area (Å²) >= 11 is 5.94. The van der Waals surface area contributed by atoms with E-state index in [2.05, 4.69) is 0 Å². The molecule has 1 fully saturated rings. The highest BCUT2D eigenvalue weighted by Crippen LogP contribution is 2.26. The van der Waals surface area contributed by atoms with Gasteiger partial charge in [0.2, 0.25) is 10.0 Å². The van der Waals surface area contributed by atoms with Crippen molar-refractivity contribution >= 4 is 27.6 Å². The zero-order valence-electron chi connectivity index (χ0n) is 12.0. The van der Waals surface area contributed by atoms with Crippen LogP contribution in [0.3, 0.4) is 0 Å². The molecule has 1 aromatic rings. The van der Waals surface area contributed by atoms with Crippen LogP contribution in [-0.2, 0) is 14.8 Å². The van der Waals surface area contributed by atoms with Gasteiger partial charge in [0.1, 0.15) is 6.07 Å². The number of nitriles is 1. The second kappa shape index (κ2) is 6.65. The molecule has 22 heavy (non-hydrogen) atoms. The van der Waals surface area contributed by atoms with Crippen LogP contribution in [0.2, 0.25) is 5.02 Å². The molecule has 118 valence electrons. The minimum Gasteiger partial charge on any atom is -0.444 e. The molecule has 0 amide bonds. The normalized spacial score (nSPS) is 17.0. The number of benzene rings is 1. The van der Waals surface area contributed by atoms with Crippen molar-refractivity contribution in [3.8, 4) is 6.07 Å². The monoisotopic (exact) mass is 342 g/mol. The average Bonchev–Trinajstić information content (AvgIpc) is 3.02. The number of sulfonamides is 1. The molecule has 0 N–H and O–H groups in total. The predicted octanol–water partition coefficient (Wildman–Crippen LogP) is 2.19. The fourth-order valence-electron chi connectivity index (χ4n) is 2.15. The second-order valence-corrected chi connectivity index (χ2v) is 7.27. The first kappa shape index (κ1) is 16.7. The molecule has 0 bridgehead atoms. The molecule has 0 saturated carbocycles. The summed E-state index contributed by atoms with van der Waals surface area (Å²) in [6.45, 7) is 2.35. The minimum atomic E-state index is -3.64. The maximum absolute atomic E-state index is 12.5. The first-order valence-electron chi connectivity index (χ1n) is 6.76. The van der Waals surface area contributed by atoms with Gasteiger partial charge >= 0.3 is 5.97 Å². The van der Waals surface area contributed by atoms with Crippen molar-refractivity contribution in [2.75, 3.05) is 13.1 Å². The van der Waals surface area contributed by atoms with Crippen LogP contribution < -0.4 is 0 Å². The van der Waals surface area contributed by atoms with E-state index in [4.69, 9.17) is 21.6 Å². The zero-order valence-corrected chi connectivity index (χ0v) is 13.5. The molecule has 1 heterocycles. The van der Waals surface area contributed by atoms with Crippen LogP contribution in [0, 0.1) is 11.3 Å². The topological polar surface area (TPSA) is 87.5 Å². The number of carbonyl (C=O) groups excluding carboxylic acids is 1. The Morgan fingerprint density at radius 3 is 2.64 bits per heavy atom. The maximum Gasteiger partial charge on any atom is 0.340 e. The molecule has 6 nitrogen and oxygen atoms in total. The van der Waals surface area contributed by atoms with Crippen LogP contribution in [0.4, 0.5) is 0 Å². The fraction of sp³-hybridized carbons (Fsp3) is 0.429. The summed E-state index contributed by atoms with van der Waals surface area (Å²) < 4.78 is 31.2. The van der Waals surface area contributed by atoms with Crippen molar-refractivity contribution in [3.05, 3.63) is 28.8 Å². The summed E-state index contributed by atoms with van der Waals surface area (Å²) in [5.74, 6) is -0.822. The van der Waals surface area contributed by atoms with E-state index < -0.39 is 22.1 Å². The summed E-state index contributed by atoms with van der Waals surface area (Å²) in [5.41, 5.74) is -0.0657. The summed E-state index contributed by atoms with van der Waals surface area (Å²) in [5, 5.41) is 8.74. The summed E-state index contributed by atoms with van der Waals surface area (Å²) in [6, 6.07) is 5.67.